The molecule has 26 heavy (non-hydrogen) atoms. The van der Waals surface area contributed by atoms with E-state index in [4.69, 9.17) is 11.6 Å². The maximum atomic E-state index is 12.9. The van der Waals surface area contributed by atoms with Crippen LogP contribution >= 0.6 is 11.6 Å². The van der Waals surface area contributed by atoms with E-state index in [1.54, 1.807) is 0 Å². The van der Waals surface area contributed by atoms with Gasteiger partial charge in [-0.2, -0.15) is 0 Å². The molecule has 1 N–H and O–H groups in total. The molecule has 4 heteroatoms. The SMILES string of the molecule is CCC(C(=O)N1CCC(NCc2cccc(Cl)c2)CC1)c1ccccc1. The molecule has 0 aliphatic carbocycles. The summed E-state index contributed by atoms with van der Waals surface area (Å²) in [7, 11) is 0. The molecule has 1 unspecified atom stereocenters. The van der Waals surface area contributed by atoms with Crippen LogP contribution in [0.5, 0.6) is 0 Å². The van der Waals surface area contributed by atoms with Crippen LogP contribution in [-0.4, -0.2) is 29.9 Å². The summed E-state index contributed by atoms with van der Waals surface area (Å²) in [5.41, 5.74) is 2.33. The molecular weight excluding hydrogens is 344 g/mol. The number of hydrogen-bond donors (Lipinski definition) is 1. The molecule has 0 aromatic heterocycles. The molecule has 1 fully saturated rings. The highest BCUT2D eigenvalue weighted by Gasteiger charge is 2.28. The van der Waals surface area contributed by atoms with Gasteiger partial charge in [-0.15, -0.1) is 0 Å². The first-order chi connectivity index (χ1) is 12.7. The number of rotatable bonds is 6. The van der Waals surface area contributed by atoms with E-state index in [-0.39, 0.29) is 11.8 Å². The predicted molar refractivity (Wildman–Crippen MR) is 107 cm³/mol. The monoisotopic (exact) mass is 370 g/mol. The van der Waals surface area contributed by atoms with Crippen molar-refractivity contribution >= 4 is 17.5 Å². The third-order valence-electron chi connectivity index (χ3n) is 5.20. The van der Waals surface area contributed by atoms with Crippen LogP contribution in [0.3, 0.4) is 0 Å². The van der Waals surface area contributed by atoms with Gasteiger partial charge in [0.1, 0.15) is 0 Å². The van der Waals surface area contributed by atoms with Gasteiger partial charge in [0.2, 0.25) is 5.91 Å². The van der Waals surface area contributed by atoms with Gasteiger partial charge in [0.15, 0.2) is 0 Å². The Morgan fingerprint density at radius 1 is 1.15 bits per heavy atom. The van der Waals surface area contributed by atoms with Crippen molar-refractivity contribution in [3.05, 3.63) is 70.7 Å². The van der Waals surface area contributed by atoms with E-state index in [0.29, 0.717) is 6.04 Å². The summed E-state index contributed by atoms with van der Waals surface area (Å²) in [5.74, 6) is 0.249. The Morgan fingerprint density at radius 3 is 2.54 bits per heavy atom. The molecular formula is C22H27ClN2O. The van der Waals surface area contributed by atoms with Gasteiger partial charge in [0, 0.05) is 30.7 Å². The lowest BCUT2D eigenvalue weighted by atomic mass is 9.93. The summed E-state index contributed by atoms with van der Waals surface area (Å²) in [4.78, 5) is 15.0. The summed E-state index contributed by atoms with van der Waals surface area (Å²) in [6, 6.07) is 18.6. The summed E-state index contributed by atoms with van der Waals surface area (Å²) in [5, 5.41) is 4.38. The second kappa shape index (κ2) is 9.20. The Hall–Kier alpha value is -1.84. The van der Waals surface area contributed by atoms with E-state index in [1.807, 2.05) is 41.3 Å². The van der Waals surface area contributed by atoms with Gasteiger partial charge in [-0.1, -0.05) is 61.0 Å². The number of nitrogens with zero attached hydrogens (tertiary/aromatic N) is 1. The number of benzene rings is 2. The van der Waals surface area contributed by atoms with Crippen molar-refractivity contribution in [3.63, 3.8) is 0 Å². The van der Waals surface area contributed by atoms with Gasteiger partial charge < -0.3 is 10.2 Å². The molecule has 1 atom stereocenters. The summed E-state index contributed by atoms with van der Waals surface area (Å²) in [6.45, 7) is 4.57. The Balaban J connectivity index is 1.50. The van der Waals surface area contributed by atoms with Gasteiger partial charge in [-0.3, -0.25) is 4.79 Å². The van der Waals surface area contributed by atoms with Crippen molar-refractivity contribution in [1.82, 2.24) is 10.2 Å². The van der Waals surface area contributed by atoms with Crippen molar-refractivity contribution in [2.75, 3.05) is 13.1 Å². The topological polar surface area (TPSA) is 32.3 Å². The first-order valence-corrected chi connectivity index (χ1v) is 9.86. The molecule has 1 saturated heterocycles. The van der Waals surface area contributed by atoms with Gasteiger partial charge in [-0.05, 0) is 42.5 Å². The van der Waals surface area contributed by atoms with E-state index in [1.165, 1.54) is 5.56 Å². The van der Waals surface area contributed by atoms with Crippen molar-refractivity contribution in [2.24, 2.45) is 0 Å². The molecule has 3 nitrogen and oxygen atoms in total. The maximum absolute atomic E-state index is 12.9. The highest BCUT2D eigenvalue weighted by Crippen LogP contribution is 2.24. The Labute approximate surface area is 161 Å². The van der Waals surface area contributed by atoms with Gasteiger partial charge in [0.25, 0.3) is 0 Å². The molecule has 0 radical (unpaired) electrons. The molecule has 3 rings (SSSR count). The van der Waals surface area contributed by atoms with Gasteiger partial charge in [0.05, 0.1) is 5.92 Å². The first-order valence-electron chi connectivity index (χ1n) is 9.49. The fourth-order valence-electron chi connectivity index (χ4n) is 3.67. The van der Waals surface area contributed by atoms with Crippen LogP contribution < -0.4 is 5.32 Å². The van der Waals surface area contributed by atoms with Crippen LogP contribution in [0.25, 0.3) is 0 Å². The fraction of sp³-hybridized carbons (Fsp3) is 0.409. The zero-order valence-electron chi connectivity index (χ0n) is 15.3. The lowest BCUT2D eigenvalue weighted by Gasteiger charge is -2.34. The molecule has 2 aromatic rings. The van der Waals surface area contributed by atoms with Crippen molar-refractivity contribution in [1.29, 1.82) is 0 Å². The molecule has 0 saturated carbocycles. The second-order valence-corrected chi connectivity index (χ2v) is 7.42. The van der Waals surface area contributed by atoms with E-state index < -0.39 is 0 Å². The van der Waals surface area contributed by atoms with Crippen LogP contribution in [-0.2, 0) is 11.3 Å². The molecule has 2 aromatic carbocycles. The molecule has 0 spiro atoms. The third kappa shape index (κ3) is 4.87. The Morgan fingerprint density at radius 2 is 1.88 bits per heavy atom. The summed E-state index contributed by atoms with van der Waals surface area (Å²) < 4.78 is 0. The Bertz CT molecular complexity index is 711. The largest absolute Gasteiger partial charge is 0.342 e. The number of hydrogen-bond acceptors (Lipinski definition) is 2. The number of carbonyl (C=O) groups is 1. The van der Waals surface area contributed by atoms with Crippen molar-refractivity contribution < 1.29 is 4.79 Å². The lowest BCUT2D eigenvalue weighted by molar-refractivity contribution is -0.134. The highest BCUT2D eigenvalue weighted by atomic mass is 35.5. The third-order valence-corrected chi connectivity index (χ3v) is 5.43. The minimum Gasteiger partial charge on any atom is -0.342 e. The maximum Gasteiger partial charge on any atom is 0.230 e. The van der Waals surface area contributed by atoms with Crippen LogP contribution in [0.4, 0.5) is 0 Å². The minimum absolute atomic E-state index is 0.0211. The molecule has 1 aliphatic rings. The van der Waals surface area contributed by atoms with Crippen LogP contribution in [0, 0.1) is 0 Å². The van der Waals surface area contributed by atoms with Gasteiger partial charge >= 0.3 is 0 Å². The minimum atomic E-state index is -0.0211. The zero-order chi connectivity index (χ0) is 18.4. The second-order valence-electron chi connectivity index (χ2n) is 6.98. The lowest BCUT2D eigenvalue weighted by Crippen LogP contribution is -2.46. The van der Waals surface area contributed by atoms with E-state index >= 15 is 0 Å². The number of carbonyl (C=O) groups excluding carboxylic acids is 1. The predicted octanol–water partition coefficient (Wildman–Crippen LogP) is 4.61. The van der Waals surface area contributed by atoms with Crippen molar-refractivity contribution in [2.45, 2.75) is 44.7 Å². The van der Waals surface area contributed by atoms with Crippen LogP contribution in [0.2, 0.25) is 5.02 Å². The normalized spacial score (nSPS) is 16.5. The number of likely N-dealkylation sites (tertiary alicyclic amines) is 1. The van der Waals surface area contributed by atoms with Crippen LogP contribution in [0.1, 0.15) is 43.2 Å². The summed E-state index contributed by atoms with van der Waals surface area (Å²) >= 11 is 6.04. The van der Waals surface area contributed by atoms with E-state index in [0.717, 1.165) is 49.5 Å². The van der Waals surface area contributed by atoms with Gasteiger partial charge in [-0.25, -0.2) is 0 Å². The average Bonchev–Trinajstić information content (AvgIpc) is 2.68. The summed E-state index contributed by atoms with van der Waals surface area (Å²) in [6.07, 6.45) is 2.84. The van der Waals surface area contributed by atoms with E-state index in [9.17, 15) is 4.79 Å². The number of piperidine rings is 1. The quantitative estimate of drug-likeness (QED) is 0.805. The molecule has 1 aliphatic heterocycles. The zero-order valence-corrected chi connectivity index (χ0v) is 16.1. The molecule has 138 valence electrons. The van der Waals surface area contributed by atoms with Crippen molar-refractivity contribution in [3.8, 4) is 0 Å². The first kappa shape index (κ1) is 18.9. The highest BCUT2D eigenvalue weighted by molar-refractivity contribution is 6.30. The standard InChI is InChI=1S/C22H27ClN2O/c1-2-21(18-8-4-3-5-9-18)22(26)25-13-11-20(12-14-25)24-16-17-7-6-10-19(23)15-17/h3-10,15,20-21,24H,2,11-14,16H2,1H3. The molecule has 1 heterocycles. The smallest absolute Gasteiger partial charge is 0.230 e. The molecule has 1 amide bonds. The fourth-order valence-corrected chi connectivity index (χ4v) is 3.88. The average molecular weight is 371 g/mol. The van der Waals surface area contributed by atoms with E-state index in [2.05, 4.69) is 30.4 Å². The van der Waals surface area contributed by atoms with Crippen LogP contribution in [0.15, 0.2) is 54.6 Å². The number of halogens is 1. The Kier molecular flexibility index (Phi) is 6.70. The number of nitrogens with one attached hydrogen (secondary N) is 1. The number of amides is 1. The molecule has 0 bridgehead atoms.